The minimum atomic E-state index is -0.0430. The van der Waals surface area contributed by atoms with E-state index in [0.717, 1.165) is 39.9 Å². The van der Waals surface area contributed by atoms with E-state index in [1.54, 1.807) is 0 Å². The molecule has 1 heterocycles. The third-order valence-electron chi connectivity index (χ3n) is 7.43. The van der Waals surface area contributed by atoms with Crippen molar-refractivity contribution in [1.29, 1.82) is 0 Å². The lowest BCUT2D eigenvalue weighted by Crippen LogP contribution is -2.15. The van der Waals surface area contributed by atoms with Gasteiger partial charge >= 0.3 is 0 Å². The summed E-state index contributed by atoms with van der Waals surface area (Å²) in [6.45, 7) is 4.60. The third kappa shape index (κ3) is 3.13. The molecule has 7 rings (SSSR count). The second kappa shape index (κ2) is 7.76. The van der Waals surface area contributed by atoms with Crippen molar-refractivity contribution in [3.63, 3.8) is 0 Å². The molecule has 0 spiro atoms. The van der Waals surface area contributed by atoms with E-state index in [4.69, 9.17) is 4.74 Å². The molecule has 36 heavy (non-hydrogen) atoms. The molecule has 0 fully saturated rings. The largest absolute Gasteiger partial charge is 0.453 e. The van der Waals surface area contributed by atoms with Crippen LogP contribution in [0.2, 0.25) is 0 Å². The topological polar surface area (TPSA) is 24.5 Å². The molecule has 0 amide bonds. The Hall–Kier alpha value is -4.50. The smallest absolute Gasteiger partial charge is 0.153 e. The van der Waals surface area contributed by atoms with Crippen molar-refractivity contribution >= 4 is 28.4 Å². The molecule has 1 N–H and O–H groups in total. The van der Waals surface area contributed by atoms with Gasteiger partial charge in [0.1, 0.15) is 0 Å². The maximum atomic E-state index is 6.56. The highest BCUT2D eigenvalue weighted by atomic mass is 16.5. The predicted octanol–water partition coefficient (Wildman–Crippen LogP) is 9.31. The van der Waals surface area contributed by atoms with E-state index >= 15 is 0 Å². The normalized spacial score (nSPS) is 13.9. The van der Waals surface area contributed by atoms with Gasteiger partial charge in [0.2, 0.25) is 0 Å². The number of anilines is 5. The number of rotatable bonds is 3. The van der Waals surface area contributed by atoms with E-state index in [9.17, 15) is 0 Å². The van der Waals surface area contributed by atoms with Crippen LogP contribution in [0, 0.1) is 0 Å². The Morgan fingerprint density at radius 1 is 0.556 bits per heavy atom. The summed E-state index contributed by atoms with van der Waals surface area (Å²) in [5.41, 5.74) is 10.4. The van der Waals surface area contributed by atoms with Gasteiger partial charge in [-0.05, 0) is 70.8 Å². The maximum Gasteiger partial charge on any atom is 0.153 e. The summed E-state index contributed by atoms with van der Waals surface area (Å²) < 4.78 is 6.56. The van der Waals surface area contributed by atoms with Gasteiger partial charge in [-0.25, -0.2) is 0 Å². The number of nitrogens with one attached hydrogen (secondary N) is 1. The van der Waals surface area contributed by atoms with E-state index in [-0.39, 0.29) is 5.41 Å². The summed E-state index contributed by atoms with van der Waals surface area (Å²) >= 11 is 0. The molecule has 5 aromatic carbocycles. The number of para-hydroxylation sites is 2. The highest BCUT2D eigenvalue weighted by Gasteiger charge is 2.37. The van der Waals surface area contributed by atoms with Crippen LogP contribution in [-0.4, -0.2) is 0 Å². The Bertz CT molecular complexity index is 1570. The van der Waals surface area contributed by atoms with Crippen molar-refractivity contribution in [1.82, 2.24) is 0 Å². The Morgan fingerprint density at radius 2 is 1.19 bits per heavy atom. The van der Waals surface area contributed by atoms with Gasteiger partial charge in [0.15, 0.2) is 11.5 Å². The fourth-order valence-corrected chi connectivity index (χ4v) is 5.61. The second-order valence-corrected chi connectivity index (χ2v) is 9.98. The van der Waals surface area contributed by atoms with Crippen LogP contribution in [0.15, 0.2) is 115 Å². The predicted molar refractivity (Wildman–Crippen MR) is 148 cm³/mol. The molecule has 0 unspecified atom stereocenters. The van der Waals surface area contributed by atoms with Crippen LogP contribution in [0.4, 0.5) is 28.4 Å². The summed E-state index contributed by atoms with van der Waals surface area (Å²) in [6, 6.07) is 40.4. The summed E-state index contributed by atoms with van der Waals surface area (Å²) in [5, 5.41) is 3.64. The summed E-state index contributed by atoms with van der Waals surface area (Å²) in [5.74, 6) is 1.68. The number of hydrogen-bond donors (Lipinski definition) is 1. The quantitative estimate of drug-likeness (QED) is 0.281. The molecule has 5 aromatic rings. The van der Waals surface area contributed by atoms with E-state index in [1.807, 2.05) is 12.1 Å². The minimum absolute atomic E-state index is 0.0430. The van der Waals surface area contributed by atoms with Crippen LogP contribution >= 0.6 is 0 Å². The van der Waals surface area contributed by atoms with E-state index in [1.165, 1.54) is 22.3 Å². The zero-order valence-corrected chi connectivity index (χ0v) is 20.3. The van der Waals surface area contributed by atoms with Crippen molar-refractivity contribution in [2.24, 2.45) is 0 Å². The van der Waals surface area contributed by atoms with Gasteiger partial charge in [-0.15, -0.1) is 0 Å². The minimum Gasteiger partial charge on any atom is -0.453 e. The van der Waals surface area contributed by atoms with Crippen LogP contribution in [0.5, 0.6) is 11.5 Å². The molecule has 0 saturated carbocycles. The van der Waals surface area contributed by atoms with Gasteiger partial charge in [0.25, 0.3) is 0 Å². The molecule has 3 nitrogen and oxygen atoms in total. The highest BCUT2D eigenvalue weighted by molar-refractivity contribution is 5.88. The van der Waals surface area contributed by atoms with Gasteiger partial charge in [0, 0.05) is 28.5 Å². The first-order valence-electron chi connectivity index (χ1n) is 12.4. The summed E-state index contributed by atoms with van der Waals surface area (Å²) in [6.07, 6.45) is 0. The van der Waals surface area contributed by atoms with E-state index in [0.29, 0.717) is 0 Å². The lowest BCUT2D eigenvalue weighted by Gasteiger charge is -2.29. The van der Waals surface area contributed by atoms with Crippen molar-refractivity contribution < 1.29 is 4.74 Å². The van der Waals surface area contributed by atoms with E-state index < -0.39 is 0 Å². The number of ether oxygens (including phenoxy) is 1. The van der Waals surface area contributed by atoms with Crippen LogP contribution in [0.3, 0.4) is 0 Å². The molecule has 1 aliphatic carbocycles. The van der Waals surface area contributed by atoms with Gasteiger partial charge < -0.3 is 15.0 Å². The van der Waals surface area contributed by atoms with Crippen LogP contribution < -0.4 is 15.0 Å². The van der Waals surface area contributed by atoms with Crippen LogP contribution in [0.25, 0.3) is 11.1 Å². The number of benzene rings is 5. The van der Waals surface area contributed by atoms with Gasteiger partial charge in [-0.3, -0.25) is 0 Å². The molecule has 0 atom stereocenters. The zero-order chi connectivity index (χ0) is 24.3. The second-order valence-electron chi connectivity index (χ2n) is 9.98. The summed E-state index contributed by atoms with van der Waals surface area (Å²) in [4.78, 5) is 2.25. The Kier molecular flexibility index (Phi) is 4.49. The lowest BCUT2D eigenvalue weighted by molar-refractivity contribution is 0.481. The summed E-state index contributed by atoms with van der Waals surface area (Å²) in [7, 11) is 0. The third-order valence-corrected chi connectivity index (χ3v) is 7.43. The van der Waals surface area contributed by atoms with Crippen molar-refractivity contribution in [3.8, 4) is 22.6 Å². The highest BCUT2D eigenvalue weighted by Crippen LogP contribution is 2.54. The van der Waals surface area contributed by atoms with Gasteiger partial charge in [0.05, 0.1) is 11.4 Å². The molecule has 1 aliphatic heterocycles. The average Bonchev–Trinajstić information content (AvgIpc) is 3.14. The lowest BCUT2D eigenvalue weighted by atomic mass is 9.82. The SMILES string of the molecule is CC1(C)c2ccccc2-c2cc3c(cc21)Nc1ccc(N(c2ccccc2)c2ccccc2)cc1O3. The zero-order valence-electron chi connectivity index (χ0n) is 20.3. The van der Waals surface area contributed by atoms with Crippen molar-refractivity contribution in [3.05, 3.63) is 126 Å². The Labute approximate surface area is 211 Å². The molecule has 0 saturated heterocycles. The molecule has 0 bridgehead atoms. The Morgan fingerprint density at radius 3 is 1.92 bits per heavy atom. The fraction of sp³-hybridized carbons (Fsp3) is 0.0909. The standard InChI is InChI=1S/C33H26N2O/c1-33(2)27-16-10-9-15-25(27)26-20-32-30(21-28(26)33)34-29-18-17-24(19-31(29)36-32)35(22-11-5-3-6-12-22)23-13-7-4-8-14-23/h3-21,34H,1-2H3. The number of nitrogens with zero attached hydrogens (tertiary/aromatic N) is 1. The maximum absolute atomic E-state index is 6.56. The monoisotopic (exact) mass is 466 g/mol. The molecule has 3 heteroatoms. The van der Waals surface area contributed by atoms with Crippen molar-refractivity contribution in [2.45, 2.75) is 19.3 Å². The number of hydrogen-bond acceptors (Lipinski definition) is 3. The molecule has 0 aromatic heterocycles. The molecular weight excluding hydrogens is 440 g/mol. The van der Waals surface area contributed by atoms with Crippen LogP contribution in [-0.2, 0) is 5.41 Å². The first-order valence-corrected chi connectivity index (χ1v) is 12.4. The van der Waals surface area contributed by atoms with Crippen molar-refractivity contribution in [2.75, 3.05) is 10.2 Å². The fourth-order valence-electron chi connectivity index (χ4n) is 5.61. The van der Waals surface area contributed by atoms with Crippen LogP contribution in [0.1, 0.15) is 25.0 Å². The molecular formula is C33H26N2O. The molecule has 2 aliphatic rings. The first kappa shape index (κ1) is 20.8. The van der Waals surface area contributed by atoms with E-state index in [2.05, 4.69) is 127 Å². The van der Waals surface area contributed by atoms with Gasteiger partial charge in [-0.1, -0.05) is 74.5 Å². The number of fused-ring (bicyclic) bond motifs is 5. The molecule has 174 valence electrons. The Balaban J connectivity index is 1.31. The van der Waals surface area contributed by atoms with Gasteiger partial charge in [-0.2, -0.15) is 0 Å². The average molecular weight is 467 g/mol. The first-order chi connectivity index (χ1) is 17.6. The molecule has 0 radical (unpaired) electrons.